The number of hydrogen-bond acceptors (Lipinski definition) is 5. The predicted octanol–water partition coefficient (Wildman–Crippen LogP) is 1.70. The van der Waals surface area contributed by atoms with Crippen molar-refractivity contribution in [1.29, 1.82) is 0 Å². The van der Waals surface area contributed by atoms with Gasteiger partial charge in [-0.3, -0.25) is 9.59 Å². The van der Waals surface area contributed by atoms with E-state index < -0.39 is 11.5 Å². The molecule has 0 saturated carbocycles. The molecule has 3 rings (SSSR count). The van der Waals surface area contributed by atoms with E-state index in [1.165, 1.54) is 0 Å². The van der Waals surface area contributed by atoms with Gasteiger partial charge in [0.25, 0.3) is 5.91 Å². The molecule has 1 aromatic rings. The van der Waals surface area contributed by atoms with Gasteiger partial charge in [0, 0.05) is 25.2 Å². The number of aliphatic carboxylic acids is 1. The van der Waals surface area contributed by atoms with E-state index in [1.807, 2.05) is 0 Å². The van der Waals surface area contributed by atoms with E-state index in [2.05, 4.69) is 10.5 Å². The van der Waals surface area contributed by atoms with Gasteiger partial charge in [-0.05, 0) is 32.1 Å². The van der Waals surface area contributed by atoms with Crippen molar-refractivity contribution in [2.24, 2.45) is 0 Å². The molecule has 2 N–H and O–H groups in total. The number of nitrogens with one attached hydrogen (secondary N) is 1. The number of nitrogens with zero attached hydrogens (tertiary/aromatic N) is 1. The maximum atomic E-state index is 12.7. The molecule has 0 spiro atoms. The summed E-state index contributed by atoms with van der Waals surface area (Å²) in [6, 6.07) is 0. The Bertz CT molecular complexity index is 589. The number of carboxylic acid groups (broad SMARTS) is 1. The summed E-state index contributed by atoms with van der Waals surface area (Å²) < 4.78 is 10.6. The van der Waals surface area contributed by atoms with Gasteiger partial charge in [0.2, 0.25) is 0 Å². The normalized spacial score (nSPS) is 20.3. The number of amides is 1. The molecule has 0 unspecified atom stereocenters. The third-order valence-electron chi connectivity index (χ3n) is 4.73. The van der Waals surface area contributed by atoms with Crippen molar-refractivity contribution in [3.63, 3.8) is 0 Å². The van der Waals surface area contributed by atoms with Gasteiger partial charge in [-0.15, -0.1) is 0 Å². The number of fused-ring (bicyclic) bond motifs is 1. The predicted molar refractivity (Wildman–Crippen MR) is 80.3 cm³/mol. The van der Waals surface area contributed by atoms with Crippen LogP contribution in [-0.4, -0.2) is 40.9 Å². The largest absolute Gasteiger partial charge is 0.481 e. The molecule has 1 saturated heterocycles. The minimum absolute atomic E-state index is 0.109. The highest BCUT2D eigenvalue weighted by atomic mass is 16.5. The van der Waals surface area contributed by atoms with Gasteiger partial charge in [0.1, 0.15) is 5.76 Å². The van der Waals surface area contributed by atoms with Gasteiger partial charge < -0.3 is 19.7 Å². The number of carbonyl (C=O) groups is 2. The first kappa shape index (κ1) is 16.0. The minimum atomic E-state index is -0.925. The van der Waals surface area contributed by atoms with Crippen LogP contribution in [0, 0.1) is 0 Å². The quantitative estimate of drug-likeness (QED) is 0.818. The van der Waals surface area contributed by atoms with E-state index in [9.17, 15) is 14.7 Å². The number of carboxylic acids is 1. The molecular formula is C16H22N2O5. The molecule has 0 atom stereocenters. The van der Waals surface area contributed by atoms with Crippen LogP contribution in [0.3, 0.4) is 0 Å². The van der Waals surface area contributed by atoms with Crippen LogP contribution in [0.15, 0.2) is 4.52 Å². The van der Waals surface area contributed by atoms with E-state index in [0.29, 0.717) is 31.7 Å². The molecule has 1 aliphatic heterocycles. The van der Waals surface area contributed by atoms with Crippen molar-refractivity contribution in [1.82, 2.24) is 10.5 Å². The summed E-state index contributed by atoms with van der Waals surface area (Å²) >= 11 is 0. The van der Waals surface area contributed by atoms with Gasteiger partial charge >= 0.3 is 5.97 Å². The van der Waals surface area contributed by atoms with Crippen molar-refractivity contribution in [2.45, 2.75) is 56.9 Å². The lowest BCUT2D eigenvalue weighted by Gasteiger charge is -2.36. The maximum Gasteiger partial charge on any atom is 0.305 e. The first-order valence-electron chi connectivity index (χ1n) is 8.19. The Morgan fingerprint density at radius 1 is 1.17 bits per heavy atom. The first-order valence-corrected chi connectivity index (χ1v) is 8.19. The second-order valence-corrected chi connectivity index (χ2v) is 6.41. The zero-order chi connectivity index (χ0) is 16.3. The van der Waals surface area contributed by atoms with Crippen molar-refractivity contribution >= 4 is 11.9 Å². The van der Waals surface area contributed by atoms with Crippen molar-refractivity contribution in [3.05, 3.63) is 17.0 Å². The Labute approximate surface area is 134 Å². The van der Waals surface area contributed by atoms with Crippen LogP contribution in [0.1, 0.15) is 60.3 Å². The molecule has 2 aliphatic rings. The van der Waals surface area contributed by atoms with Crippen LogP contribution in [0.25, 0.3) is 0 Å². The average Bonchev–Trinajstić information content (AvgIpc) is 2.76. The second-order valence-electron chi connectivity index (χ2n) is 6.41. The fraction of sp³-hybridized carbons (Fsp3) is 0.688. The van der Waals surface area contributed by atoms with E-state index in [4.69, 9.17) is 9.26 Å². The second kappa shape index (κ2) is 6.70. The summed E-state index contributed by atoms with van der Waals surface area (Å²) in [7, 11) is 0. The summed E-state index contributed by atoms with van der Waals surface area (Å²) in [6.45, 7) is 0.898. The SMILES string of the molecule is O=C(O)CC1(NC(=O)c2noc3c2CCCCC3)CCOCC1. The molecule has 0 radical (unpaired) electrons. The zero-order valence-corrected chi connectivity index (χ0v) is 13.1. The Balaban J connectivity index is 1.79. The molecular weight excluding hydrogens is 300 g/mol. The summed E-state index contributed by atoms with van der Waals surface area (Å²) in [5.74, 6) is -0.460. The van der Waals surface area contributed by atoms with Crippen LogP contribution >= 0.6 is 0 Å². The summed E-state index contributed by atoms with van der Waals surface area (Å²) in [4.78, 5) is 23.9. The number of aryl methyl sites for hydroxylation is 1. The molecule has 0 aromatic carbocycles. The van der Waals surface area contributed by atoms with E-state index in [-0.39, 0.29) is 12.3 Å². The van der Waals surface area contributed by atoms with Crippen molar-refractivity contribution in [2.75, 3.05) is 13.2 Å². The van der Waals surface area contributed by atoms with Gasteiger partial charge in [0.15, 0.2) is 5.69 Å². The molecule has 1 fully saturated rings. The fourth-order valence-electron chi connectivity index (χ4n) is 3.44. The maximum absolute atomic E-state index is 12.7. The summed E-state index contributed by atoms with van der Waals surface area (Å²) in [5.41, 5.74) is 0.438. The fourth-order valence-corrected chi connectivity index (χ4v) is 3.44. The highest BCUT2D eigenvalue weighted by Gasteiger charge is 2.38. The molecule has 0 bridgehead atoms. The number of aromatic nitrogens is 1. The molecule has 23 heavy (non-hydrogen) atoms. The summed E-state index contributed by atoms with van der Waals surface area (Å²) in [5, 5.41) is 16.0. The Hall–Kier alpha value is -1.89. The third-order valence-corrected chi connectivity index (χ3v) is 4.73. The van der Waals surface area contributed by atoms with Crippen LogP contribution in [0.2, 0.25) is 0 Å². The molecule has 7 nitrogen and oxygen atoms in total. The molecule has 1 aromatic heterocycles. The molecule has 1 amide bonds. The number of ether oxygens (including phenoxy) is 1. The smallest absolute Gasteiger partial charge is 0.305 e. The third kappa shape index (κ3) is 3.55. The van der Waals surface area contributed by atoms with E-state index in [1.54, 1.807) is 0 Å². The van der Waals surface area contributed by atoms with Crippen LogP contribution in [0.4, 0.5) is 0 Å². The lowest BCUT2D eigenvalue weighted by molar-refractivity contribution is -0.139. The van der Waals surface area contributed by atoms with Crippen LogP contribution in [-0.2, 0) is 22.4 Å². The first-order chi connectivity index (χ1) is 11.1. The van der Waals surface area contributed by atoms with Gasteiger partial charge in [-0.1, -0.05) is 11.6 Å². The monoisotopic (exact) mass is 322 g/mol. The topological polar surface area (TPSA) is 102 Å². The average molecular weight is 322 g/mol. The molecule has 126 valence electrons. The number of carbonyl (C=O) groups excluding carboxylic acids is 1. The van der Waals surface area contributed by atoms with Gasteiger partial charge in [-0.25, -0.2) is 0 Å². The standard InChI is InChI=1S/C16H22N2O5/c19-13(20)10-16(6-8-22-9-7-16)17-15(21)14-11-4-2-1-3-5-12(11)23-18-14/h1-10H2,(H,17,21)(H,19,20). The molecule has 7 heteroatoms. The Morgan fingerprint density at radius 3 is 2.65 bits per heavy atom. The number of hydrogen-bond donors (Lipinski definition) is 2. The van der Waals surface area contributed by atoms with Crippen molar-refractivity contribution < 1.29 is 24.0 Å². The molecule has 2 heterocycles. The Kier molecular flexibility index (Phi) is 4.66. The van der Waals surface area contributed by atoms with Gasteiger partial charge in [0.05, 0.1) is 12.0 Å². The summed E-state index contributed by atoms with van der Waals surface area (Å²) in [6.07, 6.45) is 5.65. The van der Waals surface area contributed by atoms with E-state index in [0.717, 1.165) is 43.4 Å². The Morgan fingerprint density at radius 2 is 1.91 bits per heavy atom. The lowest BCUT2D eigenvalue weighted by atomic mass is 9.86. The van der Waals surface area contributed by atoms with Gasteiger partial charge in [-0.2, -0.15) is 0 Å². The van der Waals surface area contributed by atoms with E-state index >= 15 is 0 Å². The molecule has 1 aliphatic carbocycles. The van der Waals surface area contributed by atoms with Crippen LogP contribution in [0.5, 0.6) is 0 Å². The zero-order valence-electron chi connectivity index (χ0n) is 13.1. The minimum Gasteiger partial charge on any atom is -0.481 e. The lowest BCUT2D eigenvalue weighted by Crippen LogP contribution is -2.53. The van der Waals surface area contributed by atoms with Crippen molar-refractivity contribution in [3.8, 4) is 0 Å². The highest BCUT2D eigenvalue weighted by molar-refractivity contribution is 5.94. The van der Waals surface area contributed by atoms with Crippen LogP contribution < -0.4 is 5.32 Å². The highest BCUT2D eigenvalue weighted by Crippen LogP contribution is 2.27. The number of rotatable bonds is 4.